The van der Waals surface area contributed by atoms with E-state index in [0.29, 0.717) is 10.2 Å². The molecule has 0 bridgehead atoms. The van der Waals surface area contributed by atoms with Crippen molar-refractivity contribution in [3.8, 4) is 0 Å². The summed E-state index contributed by atoms with van der Waals surface area (Å²) in [7, 11) is -3.44. The van der Waals surface area contributed by atoms with E-state index < -0.39 is 15.6 Å². The molecule has 2 rings (SSSR count). The van der Waals surface area contributed by atoms with Crippen molar-refractivity contribution in [3.05, 3.63) is 29.3 Å². The van der Waals surface area contributed by atoms with E-state index in [1.54, 1.807) is 6.07 Å². The van der Waals surface area contributed by atoms with Crippen LogP contribution in [-0.4, -0.2) is 19.3 Å². The first-order valence-electron chi connectivity index (χ1n) is 6.62. The van der Waals surface area contributed by atoms with Crippen LogP contribution in [0.2, 0.25) is 0 Å². The number of halogens is 1. The number of fused-ring (bicyclic) bond motifs is 1. The Morgan fingerprint density at radius 3 is 2.63 bits per heavy atom. The van der Waals surface area contributed by atoms with Gasteiger partial charge in [-0.15, -0.1) is 0 Å². The van der Waals surface area contributed by atoms with Crippen LogP contribution in [0.4, 0.5) is 0 Å². The summed E-state index contributed by atoms with van der Waals surface area (Å²) in [4.78, 5) is 0.383. The molecule has 0 aromatic heterocycles. The SMILES string of the molecule is CCC(C)(CBr)NS(=O)(=O)c1ccc2c(c1)CCC2. The molecule has 0 saturated carbocycles. The van der Waals surface area contributed by atoms with Crippen molar-refractivity contribution in [2.75, 3.05) is 5.33 Å². The van der Waals surface area contributed by atoms with Gasteiger partial charge in [0.15, 0.2) is 0 Å². The van der Waals surface area contributed by atoms with E-state index in [0.717, 1.165) is 25.7 Å². The first kappa shape index (κ1) is 15.0. The third-order valence-corrected chi connectivity index (χ3v) is 6.71. The fraction of sp³-hybridized carbons (Fsp3) is 0.571. The number of benzene rings is 1. The van der Waals surface area contributed by atoms with Gasteiger partial charge in [-0.25, -0.2) is 13.1 Å². The Bertz CT molecular complexity index is 565. The summed E-state index contributed by atoms with van der Waals surface area (Å²) in [5.74, 6) is 0. The van der Waals surface area contributed by atoms with Gasteiger partial charge in [-0.05, 0) is 55.9 Å². The largest absolute Gasteiger partial charge is 0.241 e. The molecular formula is C14H20BrNO2S. The molecule has 0 spiro atoms. The molecular weight excluding hydrogens is 326 g/mol. The molecule has 1 aromatic carbocycles. The van der Waals surface area contributed by atoms with Crippen LogP contribution < -0.4 is 4.72 Å². The molecule has 0 amide bonds. The van der Waals surface area contributed by atoms with E-state index in [-0.39, 0.29) is 0 Å². The molecule has 5 heteroatoms. The fourth-order valence-electron chi connectivity index (χ4n) is 2.29. The lowest BCUT2D eigenvalue weighted by Crippen LogP contribution is -2.46. The van der Waals surface area contributed by atoms with Crippen LogP contribution in [-0.2, 0) is 22.9 Å². The maximum atomic E-state index is 12.4. The van der Waals surface area contributed by atoms with Crippen LogP contribution in [0.1, 0.15) is 37.8 Å². The van der Waals surface area contributed by atoms with E-state index in [4.69, 9.17) is 0 Å². The Morgan fingerprint density at radius 1 is 1.32 bits per heavy atom. The van der Waals surface area contributed by atoms with Crippen LogP contribution in [0.15, 0.2) is 23.1 Å². The highest BCUT2D eigenvalue weighted by Gasteiger charge is 2.28. The minimum absolute atomic E-state index is 0.383. The summed E-state index contributed by atoms with van der Waals surface area (Å²) in [6.45, 7) is 3.89. The quantitative estimate of drug-likeness (QED) is 0.833. The van der Waals surface area contributed by atoms with Gasteiger partial charge in [0.1, 0.15) is 0 Å². The van der Waals surface area contributed by atoms with Gasteiger partial charge >= 0.3 is 0 Å². The van der Waals surface area contributed by atoms with Crippen molar-refractivity contribution < 1.29 is 8.42 Å². The van der Waals surface area contributed by atoms with Gasteiger partial charge in [0.05, 0.1) is 4.90 Å². The smallest absolute Gasteiger partial charge is 0.207 e. The zero-order valence-corrected chi connectivity index (χ0v) is 13.8. The number of rotatable bonds is 5. The van der Waals surface area contributed by atoms with E-state index in [9.17, 15) is 8.42 Å². The molecule has 1 unspecified atom stereocenters. The van der Waals surface area contributed by atoms with Gasteiger partial charge in [0.25, 0.3) is 0 Å². The van der Waals surface area contributed by atoms with Crippen LogP contribution in [0.3, 0.4) is 0 Å². The summed E-state index contributed by atoms with van der Waals surface area (Å²) in [5.41, 5.74) is 2.02. The maximum Gasteiger partial charge on any atom is 0.241 e. The minimum Gasteiger partial charge on any atom is -0.207 e. The van der Waals surface area contributed by atoms with Gasteiger partial charge < -0.3 is 0 Å². The van der Waals surface area contributed by atoms with Crippen LogP contribution in [0.5, 0.6) is 0 Å². The zero-order chi connectivity index (χ0) is 14.1. The highest BCUT2D eigenvalue weighted by Crippen LogP contribution is 2.25. The lowest BCUT2D eigenvalue weighted by molar-refractivity contribution is 0.449. The Morgan fingerprint density at radius 2 is 2.00 bits per heavy atom. The third-order valence-electron chi connectivity index (χ3n) is 3.84. The molecule has 1 aliphatic carbocycles. The molecule has 1 N–H and O–H groups in total. The van der Waals surface area contributed by atoms with Crippen molar-refractivity contribution in [1.29, 1.82) is 0 Å². The number of hydrogen-bond donors (Lipinski definition) is 1. The maximum absolute atomic E-state index is 12.4. The average molecular weight is 346 g/mol. The van der Waals surface area contributed by atoms with E-state index in [2.05, 4.69) is 20.7 Å². The lowest BCUT2D eigenvalue weighted by Gasteiger charge is -2.27. The Hall–Kier alpha value is -0.390. The summed E-state index contributed by atoms with van der Waals surface area (Å²) < 4.78 is 27.7. The zero-order valence-electron chi connectivity index (χ0n) is 11.4. The van der Waals surface area contributed by atoms with E-state index >= 15 is 0 Å². The molecule has 0 heterocycles. The number of alkyl halides is 1. The molecule has 1 aliphatic rings. The second kappa shape index (κ2) is 5.54. The van der Waals surface area contributed by atoms with Crippen LogP contribution in [0.25, 0.3) is 0 Å². The number of sulfonamides is 1. The van der Waals surface area contributed by atoms with Gasteiger partial charge in [-0.1, -0.05) is 28.9 Å². The minimum atomic E-state index is -3.44. The van der Waals surface area contributed by atoms with Gasteiger partial charge in [-0.3, -0.25) is 0 Å². The van der Waals surface area contributed by atoms with Gasteiger partial charge in [-0.2, -0.15) is 0 Å². The standard InChI is InChI=1S/C14H20BrNO2S/c1-3-14(2,10-15)16-19(17,18)13-8-7-11-5-4-6-12(11)9-13/h7-9,16H,3-6,10H2,1-2H3. The molecule has 1 atom stereocenters. The lowest BCUT2D eigenvalue weighted by atomic mass is 10.0. The van der Waals surface area contributed by atoms with Crippen LogP contribution >= 0.6 is 15.9 Å². The highest BCUT2D eigenvalue weighted by atomic mass is 79.9. The van der Waals surface area contributed by atoms with Crippen LogP contribution in [0, 0.1) is 0 Å². The predicted molar refractivity (Wildman–Crippen MR) is 81.3 cm³/mol. The van der Waals surface area contributed by atoms with Crippen molar-refractivity contribution in [3.63, 3.8) is 0 Å². The molecule has 0 aliphatic heterocycles. The number of aryl methyl sites for hydroxylation is 2. The van der Waals surface area contributed by atoms with Gasteiger partial charge in [0, 0.05) is 10.9 Å². The molecule has 1 aromatic rings. The third kappa shape index (κ3) is 3.20. The normalized spacial score (nSPS) is 18.1. The van der Waals surface area contributed by atoms with Crippen molar-refractivity contribution >= 4 is 26.0 Å². The molecule has 106 valence electrons. The monoisotopic (exact) mass is 345 g/mol. The van der Waals surface area contributed by atoms with Crippen molar-refractivity contribution in [2.45, 2.75) is 50.0 Å². The molecule has 0 fully saturated rings. The topological polar surface area (TPSA) is 46.2 Å². The summed E-state index contributed by atoms with van der Waals surface area (Å²) in [5, 5.41) is 0.598. The summed E-state index contributed by atoms with van der Waals surface area (Å²) in [6, 6.07) is 5.50. The first-order valence-corrected chi connectivity index (χ1v) is 9.22. The Kier molecular flexibility index (Phi) is 4.38. The van der Waals surface area contributed by atoms with E-state index in [1.807, 2.05) is 26.0 Å². The Labute approximate surface area is 124 Å². The number of hydrogen-bond acceptors (Lipinski definition) is 2. The van der Waals surface area contributed by atoms with Crippen molar-refractivity contribution in [2.24, 2.45) is 0 Å². The molecule has 0 radical (unpaired) electrons. The van der Waals surface area contributed by atoms with E-state index in [1.165, 1.54) is 11.1 Å². The fourth-order valence-corrected chi connectivity index (χ4v) is 4.54. The first-order chi connectivity index (χ1) is 8.90. The molecule has 19 heavy (non-hydrogen) atoms. The highest BCUT2D eigenvalue weighted by molar-refractivity contribution is 9.09. The summed E-state index contributed by atoms with van der Waals surface area (Å²) in [6.07, 6.45) is 3.92. The second-order valence-electron chi connectivity index (χ2n) is 5.44. The Balaban J connectivity index is 2.30. The van der Waals surface area contributed by atoms with Crippen molar-refractivity contribution in [1.82, 2.24) is 4.72 Å². The molecule has 0 saturated heterocycles. The second-order valence-corrected chi connectivity index (χ2v) is 7.68. The van der Waals surface area contributed by atoms with Gasteiger partial charge in [0.2, 0.25) is 10.0 Å². The molecule has 3 nitrogen and oxygen atoms in total. The average Bonchev–Trinajstić information content (AvgIpc) is 2.85. The predicted octanol–water partition coefficient (Wildman–Crippen LogP) is 3.02. The number of nitrogens with one attached hydrogen (secondary N) is 1. The summed E-state index contributed by atoms with van der Waals surface area (Å²) >= 11 is 3.38.